The van der Waals surface area contributed by atoms with Crippen molar-refractivity contribution in [1.82, 2.24) is 10.6 Å². The Hall–Kier alpha value is -1.68. The molecule has 0 spiro atoms. The van der Waals surface area contributed by atoms with E-state index in [0.29, 0.717) is 24.7 Å². The quantitative estimate of drug-likeness (QED) is 0.349. The second-order valence-corrected chi connectivity index (χ2v) is 4.17. The third kappa shape index (κ3) is 6.72. The summed E-state index contributed by atoms with van der Waals surface area (Å²) in [6, 6.07) is 7.28. The smallest absolute Gasteiger partial charge is 0.191 e. The summed E-state index contributed by atoms with van der Waals surface area (Å²) in [7, 11) is 0. The molecule has 1 rings (SSSR count). The molecule has 0 aliphatic rings. The highest BCUT2D eigenvalue weighted by Gasteiger charge is 1.96. The van der Waals surface area contributed by atoms with Crippen LogP contribution in [0.1, 0.15) is 6.92 Å². The van der Waals surface area contributed by atoms with Gasteiger partial charge in [-0.3, -0.25) is 0 Å². The van der Waals surface area contributed by atoms with Gasteiger partial charge < -0.3 is 15.4 Å². The predicted molar refractivity (Wildman–Crippen MR) is 81.1 cm³/mol. The van der Waals surface area contributed by atoms with Gasteiger partial charge in [0.1, 0.15) is 12.4 Å². The molecular weight excluding hydrogens is 262 g/mol. The largest absolute Gasteiger partial charge is 0.492 e. The zero-order valence-corrected chi connectivity index (χ0v) is 11.9. The Kier molecular flexibility index (Phi) is 7.51. The van der Waals surface area contributed by atoms with E-state index in [1.54, 1.807) is 18.2 Å². The highest BCUT2D eigenvalue weighted by Crippen LogP contribution is 2.15. The Balaban J connectivity index is 2.33. The van der Waals surface area contributed by atoms with Gasteiger partial charge in [0.15, 0.2) is 5.96 Å². The van der Waals surface area contributed by atoms with Crippen LogP contribution >= 0.6 is 11.6 Å². The average molecular weight is 282 g/mol. The van der Waals surface area contributed by atoms with Gasteiger partial charge in [-0.1, -0.05) is 17.7 Å². The molecule has 0 aliphatic carbocycles. The van der Waals surface area contributed by atoms with E-state index in [-0.39, 0.29) is 0 Å². The molecule has 0 fully saturated rings. The van der Waals surface area contributed by atoms with Crippen LogP contribution in [0.3, 0.4) is 0 Å². The van der Waals surface area contributed by atoms with Crippen molar-refractivity contribution in [3.05, 3.63) is 41.9 Å². The number of rotatable bonds is 7. The van der Waals surface area contributed by atoms with Crippen LogP contribution in [0.15, 0.2) is 41.9 Å². The molecule has 4 nitrogen and oxygen atoms in total. The average Bonchev–Trinajstić information content (AvgIpc) is 2.42. The Bertz CT molecular complexity index is 404. The molecule has 0 aromatic heterocycles. The van der Waals surface area contributed by atoms with Crippen LogP contribution in [-0.2, 0) is 0 Å². The minimum absolute atomic E-state index is 0.520. The van der Waals surface area contributed by atoms with Gasteiger partial charge in [-0.25, -0.2) is 4.99 Å². The van der Waals surface area contributed by atoms with Crippen molar-refractivity contribution >= 4 is 17.6 Å². The number of hydrogen-bond donors (Lipinski definition) is 2. The van der Waals surface area contributed by atoms with Gasteiger partial charge in [0, 0.05) is 18.1 Å². The van der Waals surface area contributed by atoms with E-state index >= 15 is 0 Å². The number of halogens is 1. The lowest BCUT2D eigenvalue weighted by molar-refractivity contribution is 0.328. The van der Waals surface area contributed by atoms with Gasteiger partial charge in [0.2, 0.25) is 0 Å². The number of hydrogen-bond acceptors (Lipinski definition) is 2. The van der Waals surface area contributed by atoms with Gasteiger partial charge in [-0.15, -0.1) is 6.58 Å². The lowest BCUT2D eigenvalue weighted by atomic mass is 10.3. The van der Waals surface area contributed by atoms with Crippen LogP contribution in [0, 0.1) is 0 Å². The summed E-state index contributed by atoms with van der Waals surface area (Å²) in [6.07, 6.45) is 1.79. The lowest BCUT2D eigenvalue weighted by Gasteiger charge is -2.09. The molecule has 0 saturated carbocycles. The Labute approximate surface area is 119 Å². The van der Waals surface area contributed by atoms with E-state index in [1.165, 1.54) is 0 Å². The number of guanidine groups is 1. The number of nitrogens with zero attached hydrogens (tertiary/aromatic N) is 1. The first-order chi connectivity index (χ1) is 9.26. The zero-order valence-electron chi connectivity index (χ0n) is 11.2. The lowest BCUT2D eigenvalue weighted by Crippen LogP contribution is -2.37. The molecule has 104 valence electrons. The third-order valence-corrected chi connectivity index (χ3v) is 2.45. The van der Waals surface area contributed by atoms with Crippen LogP contribution in [0.4, 0.5) is 0 Å². The van der Waals surface area contributed by atoms with E-state index in [2.05, 4.69) is 22.2 Å². The van der Waals surface area contributed by atoms with E-state index in [0.717, 1.165) is 18.3 Å². The molecule has 0 atom stereocenters. The predicted octanol–water partition coefficient (Wildman–Crippen LogP) is 2.46. The molecule has 0 aliphatic heterocycles. The summed E-state index contributed by atoms with van der Waals surface area (Å²) in [4.78, 5) is 4.38. The van der Waals surface area contributed by atoms with Crippen LogP contribution in [0.5, 0.6) is 5.75 Å². The van der Waals surface area contributed by atoms with Gasteiger partial charge in [-0.2, -0.15) is 0 Å². The number of nitrogens with one attached hydrogen (secondary N) is 2. The van der Waals surface area contributed by atoms with Crippen LogP contribution in [0.25, 0.3) is 0 Å². The van der Waals surface area contributed by atoms with Crippen molar-refractivity contribution < 1.29 is 4.74 Å². The molecule has 0 heterocycles. The number of aliphatic imine (C=N–C) groups is 1. The molecule has 19 heavy (non-hydrogen) atoms. The number of benzene rings is 1. The summed E-state index contributed by atoms with van der Waals surface area (Å²) in [5, 5.41) is 6.97. The van der Waals surface area contributed by atoms with Gasteiger partial charge >= 0.3 is 0 Å². The third-order valence-electron chi connectivity index (χ3n) is 2.20. The summed E-state index contributed by atoms with van der Waals surface area (Å²) < 4.78 is 5.55. The summed E-state index contributed by atoms with van der Waals surface area (Å²) in [6.45, 7) is 8.28. The first-order valence-electron chi connectivity index (χ1n) is 6.27. The zero-order chi connectivity index (χ0) is 13.9. The summed E-state index contributed by atoms with van der Waals surface area (Å²) in [5.41, 5.74) is 0. The van der Waals surface area contributed by atoms with Crippen molar-refractivity contribution in [2.24, 2.45) is 4.99 Å². The van der Waals surface area contributed by atoms with Gasteiger partial charge in [-0.05, 0) is 31.2 Å². The Morgan fingerprint density at radius 3 is 2.74 bits per heavy atom. The summed E-state index contributed by atoms with van der Waals surface area (Å²) >= 11 is 5.80. The van der Waals surface area contributed by atoms with Crippen molar-refractivity contribution in [2.75, 3.05) is 26.2 Å². The molecule has 1 aromatic rings. The fourth-order valence-corrected chi connectivity index (χ4v) is 1.49. The molecule has 0 radical (unpaired) electrons. The molecular formula is C14H20ClN3O. The maximum Gasteiger partial charge on any atom is 0.191 e. The van der Waals surface area contributed by atoms with Crippen molar-refractivity contribution in [2.45, 2.75) is 6.92 Å². The monoisotopic (exact) mass is 281 g/mol. The second kappa shape index (κ2) is 9.28. The molecule has 0 bridgehead atoms. The SMILES string of the molecule is C=CCNC(=NCCOc1ccc(Cl)cc1)NCC. The highest BCUT2D eigenvalue weighted by molar-refractivity contribution is 6.30. The van der Waals surface area contributed by atoms with E-state index in [9.17, 15) is 0 Å². The topological polar surface area (TPSA) is 45.7 Å². The van der Waals surface area contributed by atoms with Gasteiger partial charge in [0.05, 0.1) is 6.54 Å². The van der Waals surface area contributed by atoms with Crippen molar-refractivity contribution in [3.8, 4) is 5.75 Å². The van der Waals surface area contributed by atoms with Crippen LogP contribution < -0.4 is 15.4 Å². The van der Waals surface area contributed by atoms with E-state index in [4.69, 9.17) is 16.3 Å². The second-order valence-electron chi connectivity index (χ2n) is 3.73. The van der Waals surface area contributed by atoms with Crippen LogP contribution in [0.2, 0.25) is 5.02 Å². The molecule has 1 aromatic carbocycles. The Morgan fingerprint density at radius 1 is 1.37 bits per heavy atom. The fourth-order valence-electron chi connectivity index (χ4n) is 1.36. The summed E-state index contributed by atoms with van der Waals surface area (Å²) in [5.74, 6) is 1.56. The molecule has 2 N–H and O–H groups in total. The normalized spacial score (nSPS) is 10.9. The fraction of sp³-hybridized carbons (Fsp3) is 0.357. The van der Waals surface area contributed by atoms with E-state index < -0.39 is 0 Å². The molecule has 0 saturated heterocycles. The van der Waals surface area contributed by atoms with Crippen molar-refractivity contribution in [3.63, 3.8) is 0 Å². The highest BCUT2D eigenvalue weighted by atomic mass is 35.5. The first kappa shape index (κ1) is 15.4. The molecule has 0 amide bonds. The molecule has 5 heteroatoms. The van der Waals surface area contributed by atoms with Gasteiger partial charge in [0.25, 0.3) is 0 Å². The maximum atomic E-state index is 5.80. The molecule has 0 unspecified atom stereocenters. The number of ether oxygens (including phenoxy) is 1. The Morgan fingerprint density at radius 2 is 2.11 bits per heavy atom. The minimum Gasteiger partial charge on any atom is -0.492 e. The maximum absolute atomic E-state index is 5.80. The minimum atomic E-state index is 0.520. The van der Waals surface area contributed by atoms with E-state index in [1.807, 2.05) is 19.1 Å². The standard InChI is InChI=1S/C14H20ClN3O/c1-3-9-17-14(16-4-2)18-10-11-19-13-7-5-12(15)6-8-13/h3,5-8H,1,4,9-11H2,2H3,(H2,16,17,18). The first-order valence-corrected chi connectivity index (χ1v) is 6.65. The van der Waals surface area contributed by atoms with Crippen LogP contribution in [-0.4, -0.2) is 32.2 Å². The van der Waals surface area contributed by atoms with Crippen molar-refractivity contribution in [1.29, 1.82) is 0 Å².